The molecule has 13 heteroatoms. The Kier molecular flexibility index (Phi) is 4.74. The number of fused-ring (bicyclic) bond motifs is 1. The number of aliphatic hydroxyl groups excluding tert-OH is 1. The number of nitrogens with two attached hydrogens (primary N) is 1. The number of carbonyl (C=O) groups excluding carboxylic acids is 2. The zero-order valence-electron chi connectivity index (χ0n) is 14.7. The number of carbonyl (C=O) groups is 3. The first-order chi connectivity index (χ1) is 13.1. The van der Waals surface area contributed by atoms with Gasteiger partial charge in [-0.3, -0.25) is 14.2 Å². The summed E-state index contributed by atoms with van der Waals surface area (Å²) in [6.45, 7) is 2.00. The molecule has 1 fully saturated rings. The molecule has 0 spiro atoms. The Morgan fingerprint density at radius 1 is 1.32 bits per heavy atom. The van der Waals surface area contributed by atoms with E-state index >= 15 is 0 Å². The molecule has 28 heavy (non-hydrogen) atoms. The monoisotopic (exact) mass is 395 g/mol. The summed E-state index contributed by atoms with van der Waals surface area (Å²) in [4.78, 5) is 46.9. The number of nitrogen functional groups attached to an aromatic ring is 1. The quantitative estimate of drug-likeness (QED) is 0.406. The summed E-state index contributed by atoms with van der Waals surface area (Å²) in [5.41, 5.74) is 3.39. The third-order valence-electron chi connectivity index (χ3n) is 4.46. The second-order valence-electron chi connectivity index (χ2n) is 6.23. The van der Waals surface area contributed by atoms with Crippen molar-refractivity contribution in [1.29, 1.82) is 0 Å². The molecule has 1 aliphatic heterocycles. The second-order valence-corrected chi connectivity index (χ2v) is 6.23. The van der Waals surface area contributed by atoms with Crippen molar-refractivity contribution in [2.75, 3.05) is 5.73 Å². The number of carboxylic acid groups (broad SMARTS) is 1. The minimum atomic E-state index is -2.54. The molecule has 0 radical (unpaired) electrons. The van der Waals surface area contributed by atoms with Crippen molar-refractivity contribution in [2.24, 2.45) is 0 Å². The van der Waals surface area contributed by atoms with Crippen molar-refractivity contribution in [2.45, 2.75) is 44.0 Å². The van der Waals surface area contributed by atoms with Gasteiger partial charge in [-0.15, -0.1) is 0 Å². The van der Waals surface area contributed by atoms with Gasteiger partial charge in [0.2, 0.25) is 5.60 Å². The molecule has 0 aromatic carbocycles. The first kappa shape index (κ1) is 19.6. The zero-order valence-corrected chi connectivity index (χ0v) is 14.7. The number of esters is 1. The van der Waals surface area contributed by atoms with E-state index in [1.54, 1.807) is 0 Å². The Bertz CT molecular complexity index is 961. The maximum atomic E-state index is 12.4. The van der Waals surface area contributed by atoms with Crippen molar-refractivity contribution in [3.05, 3.63) is 12.7 Å². The Labute approximate surface area is 156 Å². The molecule has 1 unspecified atom stereocenters. The standard InChI is InChI=1S/C15H17N5O8/c1-5(21)15(26)10(27-6(2)22)9(8(23)13(24)25)28-14(15)20-4-19-7-11(16)17-3-18-12(7)20/h3-4,8-10,14,23,26H,1-2H3,(H,24,25)(H2,16,17,18)/t8?,9-,10-,14-,15-/m1/s1. The lowest BCUT2D eigenvalue weighted by atomic mass is 9.88. The molecule has 150 valence electrons. The van der Waals surface area contributed by atoms with Crippen molar-refractivity contribution in [1.82, 2.24) is 19.5 Å². The highest BCUT2D eigenvalue weighted by atomic mass is 16.6. The molecule has 0 saturated carbocycles. The van der Waals surface area contributed by atoms with Crippen LogP contribution in [0.4, 0.5) is 5.82 Å². The van der Waals surface area contributed by atoms with Crippen LogP contribution in [-0.4, -0.2) is 76.5 Å². The first-order valence-electron chi connectivity index (χ1n) is 7.99. The topological polar surface area (TPSA) is 200 Å². The van der Waals surface area contributed by atoms with Gasteiger partial charge in [0.15, 0.2) is 35.7 Å². The summed E-state index contributed by atoms with van der Waals surface area (Å²) < 4.78 is 11.6. The van der Waals surface area contributed by atoms with E-state index in [1.807, 2.05) is 0 Å². The number of rotatable bonds is 5. The van der Waals surface area contributed by atoms with Crippen molar-refractivity contribution >= 4 is 34.7 Å². The maximum absolute atomic E-state index is 12.4. The third kappa shape index (κ3) is 2.85. The van der Waals surface area contributed by atoms with Crippen LogP contribution in [0.15, 0.2) is 12.7 Å². The Hall–Kier alpha value is -3.16. The molecular weight excluding hydrogens is 378 g/mol. The highest BCUT2D eigenvalue weighted by Gasteiger charge is 2.64. The lowest BCUT2D eigenvalue weighted by Crippen LogP contribution is -2.56. The number of carboxylic acids is 1. The number of aromatic nitrogens is 4. The molecule has 2 aromatic heterocycles. The van der Waals surface area contributed by atoms with Crippen LogP contribution in [0.5, 0.6) is 0 Å². The Morgan fingerprint density at radius 2 is 2.00 bits per heavy atom. The smallest absolute Gasteiger partial charge is 0.335 e. The lowest BCUT2D eigenvalue weighted by Gasteiger charge is -2.31. The van der Waals surface area contributed by atoms with E-state index in [0.29, 0.717) is 0 Å². The SMILES string of the molecule is CC(=O)O[C@@H]1[C@@H](C(O)C(=O)O)O[C@@H](n2cnc3c(N)ncnc32)[C@@]1(O)C(C)=O. The normalized spacial score (nSPS) is 28.2. The minimum Gasteiger partial charge on any atom is -0.479 e. The molecule has 5 atom stereocenters. The third-order valence-corrected chi connectivity index (χ3v) is 4.46. The van der Waals surface area contributed by atoms with E-state index in [2.05, 4.69) is 15.0 Å². The van der Waals surface area contributed by atoms with Crippen LogP contribution in [-0.2, 0) is 23.9 Å². The summed E-state index contributed by atoms with van der Waals surface area (Å²) in [6, 6.07) is 0. The molecule has 2 aromatic rings. The largest absolute Gasteiger partial charge is 0.479 e. The van der Waals surface area contributed by atoms with Gasteiger partial charge in [0.1, 0.15) is 17.9 Å². The van der Waals surface area contributed by atoms with E-state index in [-0.39, 0.29) is 17.0 Å². The fourth-order valence-electron chi connectivity index (χ4n) is 3.12. The first-order valence-corrected chi connectivity index (χ1v) is 7.99. The molecule has 0 bridgehead atoms. The van der Waals surface area contributed by atoms with Gasteiger partial charge >= 0.3 is 11.9 Å². The average Bonchev–Trinajstić information content (AvgIpc) is 3.15. The van der Waals surface area contributed by atoms with Crippen LogP contribution in [0.1, 0.15) is 20.1 Å². The molecule has 5 N–H and O–H groups in total. The zero-order chi connectivity index (χ0) is 20.8. The summed E-state index contributed by atoms with van der Waals surface area (Å²) in [5.74, 6) is -3.49. The molecule has 0 amide bonds. The number of ether oxygens (including phenoxy) is 2. The fourth-order valence-corrected chi connectivity index (χ4v) is 3.12. The number of nitrogens with zero attached hydrogens (tertiary/aromatic N) is 4. The number of ketones is 1. The lowest BCUT2D eigenvalue weighted by molar-refractivity contribution is -0.174. The molecule has 1 aliphatic rings. The predicted molar refractivity (Wildman–Crippen MR) is 88.5 cm³/mol. The van der Waals surface area contributed by atoms with E-state index < -0.39 is 47.9 Å². The van der Waals surface area contributed by atoms with Crippen LogP contribution < -0.4 is 5.73 Å². The van der Waals surface area contributed by atoms with Gasteiger partial charge in [0.05, 0.1) is 6.33 Å². The highest BCUT2D eigenvalue weighted by Crippen LogP contribution is 2.43. The Balaban J connectivity index is 2.18. The number of hydrogen-bond acceptors (Lipinski definition) is 11. The molecule has 3 heterocycles. The van der Waals surface area contributed by atoms with Crippen LogP contribution in [0, 0.1) is 0 Å². The molecule has 0 aliphatic carbocycles. The maximum Gasteiger partial charge on any atom is 0.335 e. The molecule has 1 saturated heterocycles. The Morgan fingerprint density at radius 3 is 2.57 bits per heavy atom. The fraction of sp³-hybridized carbons (Fsp3) is 0.467. The average molecular weight is 395 g/mol. The number of anilines is 1. The summed E-state index contributed by atoms with van der Waals surface area (Å²) in [5, 5.41) is 30.3. The van der Waals surface area contributed by atoms with Gasteiger partial charge in [0, 0.05) is 6.92 Å². The number of Topliss-reactive ketones (excluding diaryl/α,β-unsaturated/α-hetero) is 1. The van der Waals surface area contributed by atoms with Crippen LogP contribution in [0.2, 0.25) is 0 Å². The number of imidazole rings is 1. The summed E-state index contributed by atoms with van der Waals surface area (Å²) in [7, 11) is 0. The van der Waals surface area contributed by atoms with E-state index in [9.17, 15) is 24.6 Å². The predicted octanol–water partition coefficient (Wildman–Crippen LogP) is -2.00. The summed E-state index contributed by atoms with van der Waals surface area (Å²) >= 11 is 0. The number of aliphatic carboxylic acids is 1. The highest BCUT2D eigenvalue weighted by molar-refractivity contribution is 5.88. The number of aliphatic hydroxyl groups is 2. The van der Waals surface area contributed by atoms with Gasteiger partial charge in [-0.25, -0.2) is 19.7 Å². The van der Waals surface area contributed by atoms with E-state index in [4.69, 9.17) is 20.3 Å². The molecular formula is C15H17N5O8. The van der Waals surface area contributed by atoms with Crippen LogP contribution in [0.25, 0.3) is 11.2 Å². The molecule has 13 nitrogen and oxygen atoms in total. The van der Waals surface area contributed by atoms with Gasteiger partial charge in [0.25, 0.3) is 0 Å². The van der Waals surface area contributed by atoms with Crippen LogP contribution >= 0.6 is 0 Å². The van der Waals surface area contributed by atoms with Gasteiger partial charge in [-0.1, -0.05) is 0 Å². The van der Waals surface area contributed by atoms with E-state index in [1.165, 1.54) is 0 Å². The van der Waals surface area contributed by atoms with Crippen molar-refractivity contribution in [3.63, 3.8) is 0 Å². The van der Waals surface area contributed by atoms with Gasteiger partial charge in [-0.2, -0.15) is 0 Å². The number of hydrogen-bond donors (Lipinski definition) is 4. The summed E-state index contributed by atoms with van der Waals surface area (Å²) in [6.07, 6.45) is -5.12. The van der Waals surface area contributed by atoms with Gasteiger partial charge < -0.3 is 30.5 Å². The van der Waals surface area contributed by atoms with Crippen LogP contribution in [0.3, 0.4) is 0 Å². The van der Waals surface area contributed by atoms with Crippen molar-refractivity contribution < 1.29 is 39.2 Å². The van der Waals surface area contributed by atoms with E-state index in [0.717, 1.165) is 31.1 Å². The molecule has 3 rings (SSSR count). The van der Waals surface area contributed by atoms with Crippen molar-refractivity contribution in [3.8, 4) is 0 Å². The second kappa shape index (κ2) is 6.78. The minimum absolute atomic E-state index is 0.0202. The van der Waals surface area contributed by atoms with Gasteiger partial charge in [-0.05, 0) is 6.92 Å².